The van der Waals surface area contributed by atoms with Crippen molar-refractivity contribution in [1.29, 1.82) is 0 Å². The summed E-state index contributed by atoms with van der Waals surface area (Å²) in [6, 6.07) is 3.87. The molecule has 0 amide bonds. The number of piperazine rings is 1. The third kappa shape index (κ3) is 3.46. The zero-order valence-electron chi connectivity index (χ0n) is 21.9. The van der Waals surface area contributed by atoms with E-state index in [-0.39, 0.29) is 40.9 Å². The molecule has 2 heterocycles. The average molecular weight is 501 g/mol. The lowest BCUT2D eigenvalue weighted by Gasteiger charge is -2.66. The average Bonchev–Trinajstić information content (AvgIpc) is 3.16. The van der Waals surface area contributed by atoms with Crippen LogP contribution < -0.4 is 10.9 Å². The number of hydrogen-bond donors (Lipinski definition) is 4. The van der Waals surface area contributed by atoms with Gasteiger partial charge < -0.3 is 25.1 Å². The number of fused-ring (bicyclic) bond motifs is 5. The summed E-state index contributed by atoms with van der Waals surface area (Å²) < 4.78 is 5.22. The summed E-state index contributed by atoms with van der Waals surface area (Å²) in [4.78, 5) is 14.0. The van der Waals surface area contributed by atoms with Gasteiger partial charge in [-0.15, -0.1) is 0 Å². The van der Waals surface area contributed by atoms with Crippen LogP contribution in [-0.4, -0.2) is 69.7 Å². The SMILES string of the molecule is C[C@]12CC[C@H](N3CCN[C@H](CO)C3)C[C@@]1(O)CC[C@@H]1[C@@H]2CC[C@]2(C)[C@@H](c3ccc(=O)oc3)CC[C@]12O. The van der Waals surface area contributed by atoms with Crippen LogP contribution in [0, 0.1) is 22.7 Å². The molecule has 200 valence electrons. The minimum atomic E-state index is -0.759. The largest absolute Gasteiger partial charge is 0.431 e. The van der Waals surface area contributed by atoms with Crippen LogP contribution >= 0.6 is 0 Å². The summed E-state index contributed by atoms with van der Waals surface area (Å²) in [5, 5.41) is 37.7. The zero-order chi connectivity index (χ0) is 25.3. The molecule has 1 saturated heterocycles. The quantitative estimate of drug-likeness (QED) is 0.506. The van der Waals surface area contributed by atoms with E-state index in [9.17, 15) is 20.1 Å². The predicted octanol–water partition coefficient (Wildman–Crippen LogP) is 2.63. The second-order valence-electron chi connectivity index (χ2n) is 13.3. The minimum Gasteiger partial charge on any atom is -0.431 e. The van der Waals surface area contributed by atoms with Crippen LogP contribution in [0.4, 0.5) is 0 Å². The molecule has 9 atom stereocenters. The molecule has 4 aliphatic carbocycles. The van der Waals surface area contributed by atoms with Crippen molar-refractivity contribution in [2.45, 2.75) is 101 Å². The van der Waals surface area contributed by atoms with E-state index >= 15 is 0 Å². The normalized spacial score (nSPS) is 49.2. The first-order chi connectivity index (χ1) is 17.1. The van der Waals surface area contributed by atoms with Gasteiger partial charge in [0.05, 0.1) is 24.1 Å². The fourth-order valence-corrected chi connectivity index (χ4v) is 9.92. The summed E-state index contributed by atoms with van der Waals surface area (Å²) in [7, 11) is 0. The molecular formula is C29H44N2O5. The van der Waals surface area contributed by atoms with Gasteiger partial charge in [-0.3, -0.25) is 4.90 Å². The standard InChI is InChI=1S/C29H44N2O5/c1-26-9-5-21(31-14-13-30-20(16-31)17-32)15-28(26,34)11-7-24-23(26)6-10-27(2)22(8-12-29(24,27)35)19-3-4-25(33)36-18-19/h3-4,18,20-24,30,32,34-35H,5-17H2,1-2H3/t20-,21-,22+,23-,24+,26+,27+,28-,29-/m0/s1. The molecular weight excluding hydrogens is 456 g/mol. The maximum atomic E-state index is 12.4. The number of nitrogens with zero attached hydrogens (tertiary/aromatic N) is 1. The van der Waals surface area contributed by atoms with E-state index in [0.29, 0.717) is 12.0 Å². The van der Waals surface area contributed by atoms with Crippen molar-refractivity contribution >= 4 is 0 Å². The molecule has 0 bridgehead atoms. The first kappa shape index (κ1) is 25.1. The Kier molecular flexibility index (Phi) is 6.01. The van der Waals surface area contributed by atoms with Crippen molar-refractivity contribution in [3.63, 3.8) is 0 Å². The fraction of sp³-hybridized carbons (Fsp3) is 0.828. The fourth-order valence-electron chi connectivity index (χ4n) is 9.92. The van der Waals surface area contributed by atoms with Crippen LogP contribution in [0.25, 0.3) is 0 Å². The Labute approximate surface area is 214 Å². The number of aliphatic hydroxyl groups is 3. The minimum absolute atomic E-state index is 0.121. The first-order valence-electron chi connectivity index (χ1n) is 14.3. The molecule has 5 fully saturated rings. The van der Waals surface area contributed by atoms with E-state index in [1.165, 1.54) is 6.07 Å². The van der Waals surface area contributed by atoms with Crippen molar-refractivity contribution in [2.75, 3.05) is 26.2 Å². The number of aliphatic hydroxyl groups excluding tert-OH is 1. The summed E-state index contributed by atoms with van der Waals surface area (Å²) >= 11 is 0. The van der Waals surface area contributed by atoms with Crippen LogP contribution in [-0.2, 0) is 0 Å². The molecule has 1 aromatic heterocycles. The van der Waals surface area contributed by atoms with Gasteiger partial charge in [0.25, 0.3) is 0 Å². The van der Waals surface area contributed by atoms with Crippen LogP contribution in [0.15, 0.2) is 27.6 Å². The lowest BCUT2D eigenvalue weighted by Crippen LogP contribution is -2.68. The highest BCUT2D eigenvalue weighted by Crippen LogP contribution is 2.71. The van der Waals surface area contributed by atoms with Crippen LogP contribution in [0.3, 0.4) is 0 Å². The lowest BCUT2D eigenvalue weighted by molar-refractivity contribution is -0.251. The van der Waals surface area contributed by atoms with E-state index in [0.717, 1.165) is 83.0 Å². The second kappa shape index (κ2) is 8.63. The van der Waals surface area contributed by atoms with Gasteiger partial charge in [0, 0.05) is 43.2 Å². The highest BCUT2D eigenvalue weighted by Gasteiger charge is 2.70. The molecule has 0 unspecified atom stereocenters. The van der Waals surface area contributed by atoms with Gasteiger partial charge in [0.15, 0.2) is 0 Å². The smallest absolute Gasteiger partial charge is 0.335 e. The van der Waals surface area contributed by atoms with Gasteiger partial charge in [-0.1, -0.05) is 13.8 Å². The highest BCUT2D eigenvalue weighted by molar-refractivity contribution is 5.28. The number of hydrogen-bond acceptors (Lipinski definition) is 7. The molecule has 5 aliphatic rings. The lowest BCUT2D eigenvalue weighted by atomic mass is 9.41. The Bertz CT molecular complexity index is 1030. The summed E-state index contributed by atoms with van der Waals surface area (Å²) in [6.07, 6.45) is 9.72. The van der Waals surface area contributed by atoms with Crippen molar-refractivity contribution in [3.05, 3.63) is 34.4 Å². The van der Waals surface area contributed by atoms with Gasteiger partial charge in [0.1, 0.15) is 0 Å². The molecule has 6 rings (SSSR count). The van der Waals surface area contributed by atoms with Crippen molar-refractivity contribution in [1.82, 2.24) is 10.2 Å². The molecule has 1 aromatic rings. The molecule has 4 saturated carbocycles. The molecule has 7 nitrogen and oxygen atoms in total. The van der Waals surface area contributed by atoms with Crippen LogP contribution in [0.5, 0.6) is 0 Å². The Morgan fingerprint density at radius 2 is 1.81 bits per heavy atom. The van der Waals surface area contributed by atoms with E-state index < -0.39 is 11.2 Å². The van der Waals surface area contributed by atoms with Crippen molar-refractivity contribution < 1.29 is 19.7 Å². The van der Waals surface area contributed by atoms with Gasteiger partial charge in [-0.25, -0.2) is 4.79 Å². The maximum absolute atomic E-state index is 12.4. The molecule has 36 heavy (non-hydrogen) atoms. The Morgan fingerprint density at radius 1 is 1.03 bits per heavy atom. The van der Waals surface area contributed by atoms with Gasteiger partial charge in [0.2, 0.25) is 0 Å². The Morgan fingerprint density at radius 3 is 2.56 bits per heavy atom. The van der Waals surface area contributed by atoms with E-state index in [2.05, 4.69) is 24.1 Å². The molecule has 7 heteroatoms. The second-order valence-corrected chi connectivity index (χ2v) is 13.3. The summed E-state index contributed by atoms with van der Waals surface area (Å²) in [5.74, 6) is 0.692. The number of nitrogens with one attached hydrogen (secondary N) is 1. The van der Waals surface area contributed by atoms with Crippen molar-refractivity contribution in [3.8, 4) is 0 Å². The summed E-state index contributed by atoms with van der Waals surface area (Å²) in [5.41, 5.74) is -1.21. The van der Waals surface area contributed by atoms with Gasteiger partial charge in [-0.2, -0.15) is 0 Å². The third-order valence-corrected chi connectivity index (χ3v) is 12.1. The molecule has 0 spiro atoms. The predicted molar refractivity (Wildman–Crippen MR) is 137 cm³/mol. The Hall–Kier alpha value is -1.25. The van der Waals surface area contributed by atoms with E-state index in [4.69, 9.17) is 4.42 Å². The molecule has 0 radical (unpaired) electrons. The Balaban J connectivity index is 1.24. The monoisotopic (exact) mass is 500 g/mol. The molecule has 1 aliphatic heterocycles. The van der Waals surface area contributed by atoms with E-state index in [1.54, 1.807) is 6.26 Å². The first-order valence-corrected chi connectivity index (χ1v) is 14.3. The van der Waals surface area contributed by atoms with E-state index in [1.807, 2.05) is 6.07 Å². The third-order valence-electron chi connectivity index (χ3n) is 12.1. The van der Waals surface area contributed by atoms with Crippen LogP contribution in [0.1, 0.15) is 83.1 Å². The summed E-state index contributed by atoms with van der Waals surface area (Å²) in [6.45, 7) is 7.44. The van der Waals surface area contributed by atoms with Gasteiger partial charge in [-0.05, 0) is 92.6 Å². The molecule has 4 N–H and O–H groups in total. The zero-order valence-corrected chi connectivity index (χ0v) is 21.9. The maximum Gasteiger partial charge on any atom is 0.335 e. The van der Waals surface area contributed by atoms with Crippen LogP contribution in [0.2, 0.25) is 0 Å². The highest BCUT2D eigenvalue weighted by atomic mass is 16.4. The number of rotatable bonds is 3. The van der Waals surface area contributed by atoms with Gasteiger partial charge >= 0.3 is 5.63 Å². The topological polar surface area (TPSA) is 106 Å². The molecule has 0 aromatic carbocycles. The van der Waals surface area contributed by atoms with Crippen molar-refractivity contribution in [2.24, 2.45) is 22.7 Å².